The second kappa shape index (κ2) is 8.69. The molecule has 2 heterocycles. The van der Waals surface area contributed by atoms with Gasteiger partial charge in [0.05, 0.1) is 12.8 Å². The molecule has 140 valence electrons. The molecule has 0 unspecified atom stereocenters. The van der Waals surface area contributed by atoms with E-state index >= 15 is 0 Å². The number of likely N-dealkylation sites (tertiary alicyclic amines) is 1. The maximum absolute atomic E-state index is 13.4. The average Bonchev–Trinajstić information content (AvgIpc) is 3.03. The van der Waals surface area contributed by atoms with Crippen molar-refractivity contribution >= 4 is 0 Å². The van der Waals surface area contributed by atoms with Crippen LogP contribution in [0.3, 0.4) is 0 Å². The number of rotatable bonds is 8. The minimum atomic E-state index is -0.293. The fraction of sp³-hybridized carbons (Fsp3) is 0.476. The molecule has 1 aliphatic rings. The van der Waals surface area contributed by atoms with Crippen LogP contribution in [0.25, 0.3) is 0 Å². The van der Waals surface area contributed by atoms with Gasteiger partial charge in [0.1, 0.15) is 11.6 Å². The molecular weight excluding hydrogens is 334 g/mol. The molecule has 1 aliphatic heterocycles. The van der Waals surface area contributed by atoms with Crippen molar-refractivity contribution in [3.8, 4) is 0 Å². The molecule has 3 rings (SSSR count). The van der Waals surface area contributed by atoms with Gasteiger partial charge in [-0.15, -0.1) is 0 Å². The van der Waals surface area contributed by atoms with Gasteiger partial charge in [-0.25, -0.2) is 8.78 Å². The molecule has 0 spiro atoms. The number of halogens is 2. The molecule has 26 heavy (non-hydrogen) atoms. The number of aryl methyl sites for hydroxylation is 1. The Hall–Kier alpha value is -1.85. The van der Waals surface area contributed by atoms with E-state index in [1.54, 1.807) is 12.3 Å². The molecule has 0 radical (unpaired) electrons. The highest BCUT2D eigenvalue weighted by Gasteiger charge is 2.37. The van der Waals surface area contributed by atoms with Gasteiger partial charge in [0.15, 0.2) is 0 Å². The summed E-state index contributed by atoms with van der Waals surface area (Å²) in [4.78, 5) is 6.29. The SMILES string of the molecule is CCOC[C@@]1(CCc2ccc(F)cc2)CCN(Cc2cncc(F)c2)C1. The van der Waals surface area contributed by atoms with Crippen molar-refractivity contribution in [3.05, 3.63) is 65.5 Å². The predicted octanol–water partition coefficient (Wildman–Crippen LogP) is 4.22. The van der Waals surface area contributed by atoms with Crippen LogP contribution in [0.5, 0.6) is 0 Å². The summed E-state index contributed by atoms with van der Waals surface area (Å²) in [5.74, 6) is -0.493. The fourth-order valence-electron chi connectivity index (χ4n) is 3.74. The summed E-state index contributed by atoms with van der Waals surface area (Å²) in [7, 11) is 0. The number of aromatic nitrogens is 1. The number of nitrogens with zero attached hydrogens (tertiary/aromatic N) is 2. The summed E-state index contributed by atoms with van der Waals surface area (Å²) >= 11 is 0. The molecule has 1 aromatic heterocycles. The minimum absolute atomic E-state index is 0.0884. The van der Waals surface area contributed by atoms with Crippen LogP contribution in [0.4, 0.5) is 8.78 Å². The number of pyridine rings is 1. The van der Waals surface area contributed by atoms with Crippen LogP contribution in [-0.4, -0.2) is 36.2 Å². The fourth-order valence-corrected chi connectivity index (χ4v) is 3.74. The molecule has 0 aliphatic carbocycles. The normalized spacial score (nSPS) is 20.6. The zero-order valence-corrected chi connectivity index (χ0v) is 15.3. The van der Waals surface area contributed by atoms with Crippen LogP contribution >= 0.6 is 0 Å². The first-order valence-corrected chi connectivity index (χ1v) is 9.22. The smallest absolute Gasteiger partial charge is 0.141 e. The Morgan fingerprint density at radius 3 is 2.65 bits per heavy atom. The highest BCUT2D eigenvalue weighted by Crippen LogP contribution is 2.36. The zero-order valence-electron chi connectivity index (χ0n) is 15.3. The Morgan fingerprint density at radius 2 is 1.92 bits per heavy atom. The second-order valence-electron chi connectivity index (χ2n) is 7.24. The molecule has 0 saturated carbocycles. The van der Waals surface area contributed by atoms with E-state index in [0.29, 0.717) is 13.2 Å². The summed E-state index contributed by atoms with van der Waals surface area (Å²) in [5, 5.41) is 0. The lowest BCUT2D eigenvalue weighted by Gasteiger charge is -2.29. The van der Waals surface area contributed by atoms with Crippen LogP contribution in [0.1, 0.15) is 30.9 Å². The first-order chi connectivity index (χ1) is 12.6. The predicted molar refractivity (Wildman–Crippen MR) is 97.7 cm³/mol. The van der Waals surface area contributed by atoms with Crippen molar-refractivity contribution in [1.29, 1.82) is 0 Å². The lowest BCUT2D eigenvalue weighted by Crippen LogP contribution is -2.32. The topological polar surface area (TPSA) is 25.4 Å². The van der Waals surface area contributed by atoms with Gasteiger partial charge < -0.3 is 4.74 Å². The van der Waals surface area contributed by atoms with Crippen molar-refractivity contribution in [3.63, 3.8) is 0 Å². The van der Waals surface area contributed by atoms with Gasteiger partial charge in [-0.3, -0.25) is 9.88 Å². The maximum atomic E-state index is 13.4. The minimum Gasteiger partial charge on any atom is -0.381 e. The van der Waals surface area contributed by atoms with Gasteiger partial charge >= 0.3 is 0 Å². The van der Waals surface area contributed by atoms with Crippen molar-refractivity contribution in [2.24, 2.45) is 5.41 Å². The number of ether oxygens (including phenoxy) is 1. The summed E-state index contributed by atoms with van der Waals surface area (Å²) < 4.78 is 32.3. The molecule has 1 fully saturated rings. The van der Waals surface area contributed by atoms with E-state index < -0.39 is 0 Å². The number of hydrogen-bond acceptors (Lipinski definition) is 3. The van der Waals surface area contributed by atoms with Gasteiger partial charge in [-0.05, 0) is 62.1 Å². The third-order valence-corrected chi connectivity index (χ3v) is 5.15. The quantitative estimate of drug-likeness (QED) is 0.705. The highest BCUT2D eigenvalue weighted by atomic mass is 19.1. The van der Waals surface area contributed by atoms with E-state index in [1.165, 1.54) is 18.3 Å². The van der Waals surface area contributed by atoms with Crippen LogP contribution in [-0.2, 0) is 17.7 Å². The number of hydrogen-bond donors (Lipinski definition) is 0. The summed E-state index contributed by atoms with van der Waals surface area (Å²) in [5.41, 5.74) is 2.14. The van der Waals surface area contributed by atoms with Gasteiger partial charge in [-0.1, -0.05) is 12.1 Å². The molecule has 1 saturated heterocycles. The van der Waals surface area contributed by atoms with E-state index in [0.717, 1.165) is 50.1 Å². The van der Waals surface area contributed by atoms with Crippen molar-refractivity contribution in [1.82, 2.24) is 9.88 Å². The largest absolute Gasteiger partial charge is 0.381 e. The van der Waals surface area contributed by atoms with Crippen LogP contribution in [0, 0.1) is 17.0 Å². The Bertz CT molecular complexity index is 707. The Kier molecular flexibility index (Phi) is 6.33. The van der Waals surface area contributed by atoms with Crippen LogP contribution < -0.4 is 0 Å². The van der Waals surface area contributed by atoms with Gasteiger partial charge in [0.2, 0.25) is 0 Å². The molecule has 0 bridgehead atoms. The van der Waals surface area contributed by atoms with Crippen LogP contribution in [0.15, 0.2) is 42.7 Å². The molecule has 0 amide bonds. The monoisotopic (exact) mass is 360 g/mol. The Labute approximate surface area is 154 Å². The van der Waals surface area contributed by atoms with E-state index in [-0.39, 0.29) is 17.0 Å². The highest BCUT2D eigenvalue weighted by molar-refractivity contribution is 5.17. The molecule has 1 aromatic carbocycles. The first-order valence-electron chi connectivity index (χ1n) is 9.22. The van der Waals surface area contributed by atoms with E-state index in [2.05, 4.69) is 9.88 Å². The Morgan fingerprint density at radius 1 is 1.12 bits per heavy atom. The van der Waals surface area contributed by atoms with E-state index in [4.69, 9.17) is 4.74 Å². The lowest BCUT2D eigenvalue weighted by atomic mass is 9.82. The average molecular weight is 360 g/mol. The molecule has 3 nitrogen and oxygen atoms in total. The zero-order chi connectivity index (χ0) is 18.4. The second-order valence-corrected chi connectivity index (χ2v) is 7.24. The maximum Gasteiger partial charge on any atom is 0.141 e. The summed E-state index contributed by atoms with van der Waals surface area (Å²) in [6.07, 6.45) is 5.91. The first kappa shape index (κ1) is 18.9. The number of benzene rings is 1. The summed E-state index contributed by atoms with van der Waals surface area (Å²) in [6.45, 7) is 6.03. The van der Waals surface area contributed by atoms with Crippen molar-refractivity contribution < 1.29 is 13.5 Å². The van der Waals surface area contributed by atoms with E-state index in [9.17, 15) is 8.78 Å². The standard InChI is InChI=1S/C21H26F2N2O/c1-2-26-16-21(8-7-17-3-5-19(22)6-4-17)9-10-25(15-21)14-18-11-20(23)13-24-12-18/h3-6,11-13H,2,7-10,14-16H2,1H3/t21-/m0/s1. The van der Waals surface area contributed by atoms with Gasteiger partial charge in [0.25, 0.3) is 0 Å². The van der Waals surface area contributed by atoms with E-state index in [1.807, 2.05) is 19.1 Å². The third-order valence-electron chi connectivity index (χ3n) is 5.15. The van der Waals surface area contributed by atoms with Gasteiger partial charge in [0, 0.05) is 31.3 Å². The molecule has 1 atom stereocenters. The molecular formula is C21H26F2N2O. The third kappa shape index (κ3) is 5.08. The summed E-state index contributed by atoms with van der Waals surface area (Å²) in [6, 6.07) is 8.29. The Balaban J connectivity index is 1.63. The van der Waals surface area contributed by atoms with Crippen molar-refractivity contribution in [2.45, 2.75) is 32.7 Å². The van der Waals surface area contributed by atoms with Crippen LogP contribution in [0.2, 0.25) is 0 Å². The molecule has 2 aromatic rings. The van der Waals surface area contributed by atoms with Crippen molar-refractivity contribution in [2.75, 3.05) is 26.3 Å². The molecule has 0 N–H and O–H groups in total. The van der Waals surface area contributed by atoms with Gasteiger partial charge in [-0.2, -0.15) is 0 Å². The lowest BCUT2D eigenvalue weighted by molar-refractivity contribution is 0.0489. The molecule has 5 heteroatoms.